The maximum Gasteiger partial charge on any atom is 0.251 e. The number of rotatable bonds is 4. The number of nitrogens with two attached hydrogens (primary N) is 1. The second kappa shape index (κ2) is 5.97. The van der Waals surface area contributed by atoms with Gasteiger partial charge in [0.2, 0.25) is 0 Å². The van der Waals surface area contributed by atoms with Crippen LogP contribution >= 0.6 is 0 Å². The molecule has 5 nitrogen and oxygen atoms in total. The lowest BCUT2D eigenvalue weighted by Gasteiger charge is -2.07. The molecule has 3 rings (SSSR count). The summed E-state index contributed by atoms with van der Waals surface area (Å²) < 4.78 is 43.0. The predicted octanol–water partition coefficient (Wildman–Crippen LogP) is 2.26. The van der Waals surface area contributed by atoms with Crippen molar-refractivity contribution in [2.45, 2.75) is 6.54 Å². The summed E-state index contributed by atoms with van der Waals surface area (Å²) in [5.41, 5.74) is 5.21. The van der Waals surface area contributed by atoms with Gasteiger partial charge in [-0.25, -0.2) is 17.9 Å². The Morgan fingerprint density at radius 1 is 1.21 bits per heavy atom. The molecule has 0 aliphatic rings. The summed E-state index contributed by atoms with van der Waals surface area (Å²) >= 11 is 0. The molecule has 3 aromatic rings. The van der Waals surface area contributed by atoms with E-state index in [0.29, 0.717) is 0 Å². The normalized spacial score (nSPS) is 11.2. The second-order valence-electron chi connectivity index (χ2n) is 5.25. The molecule has 24 heavy (non-hydrogen) atoms. The van der Waals surface area contributed by atoms with E-state index in [-0.39, 0.29) is 34.3 Å². The molecule has 0 saturated heterocycles. The van der Waals surface area contributed by atoms with E-state index >= 15 is 0 Å². The maximum atomic E-state index is 14.3. The highest BCUT2D eigenvalue weighted by molar-refractivity contribution is 6.04. The standard InChI is InChI=1S/C16H13F3N4O/c1-21-6-8-3-13(19)14(5-12(8)18)23-7-9-2-10(17)4-11(16(20)24)15(9)22-23/h2-5,7,21H,6H2,1H3,(H2,20,24). The third kappa shape index (κ3) is 2.71. The van der Waals surface area contributed by atoms with E-state index in [1.165, 1.54) is 6.20 Å². The third-order valence-corrected chi connectivity index (χ3v) is 3.57. The van der Waals surface area contributed by atoms with Gasteiger partial charge in [-0.3, -0.25) is 4.79 Å². The Bertz CT molecular complexity index is 952. The second-order valence-corrected chi connectivity index (χ2v) is 5.25. The van der Waals surface area contributed by atoms with Crippen LogP contribution in [0.4, 0.5) is 13.2 Å². The summed E-state index contributed by atoms with van der Waals surface area (Å²) in [5.74, 6) is -2.84. The molecular weight excluding hydrogens is 321 g/mol. The molecule has 124 valence electrons. The highest BCUT2D eigenvalue weighted by atomic mass is 19.1. The molecule has 0 atom stereocenters. The molecule has 0 aliphatic carbocycles. The van der Waals surface area contributed by atoms with Crippen molar-refractivity contribution in [2.75, 3.05) is 7.05 Å². The molecule has 0 aliphatic heterocycles. The largest absolute Gasteiger partial charge is 0.366 e. The topological polar surface area (TPSA) is 72.9 Å². The Balaban J connectivity index is 2.19. The Hall–Kier alpha value is -2.87. The van der Waals surface area contributed by atoms with Gasteiger partial charge in [-0.1, -0.05) is 0 Å². The number of nitrogens with one attached hydrogen (secondary N) is 1. The van der Waals surface area contributed by atoms with E-state index in [1.807, 2.05) is 0 Å². The molecule has 0 saturated carbocycles. The first kappa shape index (κ1) is 16.0. The minimum absolute atomic E-state index is 0.114. The Morgan fingerprint density at radius 3 is 2.62 bits per heavy atom. The van der Waals surface area contributed by atoms with Crippen molar-refractivity contribution in [3.8, 4) is 5.69 Å². The van der Waals surface area contributed by atoms with Gasteiger partial charge in [0.15, 0.2) is 0 Å². The van der Waals surface area contributed by atoms with Crippen molar-refractivity contribution in [1.29, 1.82) is 0 Å². The number of hydrogen-bond acceptors (Lipinski definition) is 3. The van der Waals surface area contributed by atoms with Crippen LogP contribution < -0.4 is 11.1 Å². The number of primary amides is 1. The summed E-state index contributed by atoms with van der Waals surface area (Å²) in [4.78, 5) is 11.4. The van der Waals surface area contributed by atoms with Gasteiger partial charge >= 0.3 is 0 Å². The van der Waals surface area contributed by atoms with Crippen molar-refractivity contribution < 1.29 is 18.0 Å². The van der Waals surface area contributed by atoms with E-state index in [4.69, 9.17) is 5.73 Å². The van der Waals surface area contributed by atoms with Crippen molar-refractivity contribution in [1.82, 2.24) is 15.1 Å². The summed E-state index contributed by atoms with van der Waals surface area (Å²) in [7, 11) is 1.62. The van der Waals surface area contributed by atoms with Gasteiger partial charge < -0.3 is 11.1 Å². The Morgan fingerprint density at radius 2 is 1.96 bits per heavy atom. The maximum absolute atomic E-state index is 14.3. The quantitative estimate of drug-likeness (QED) is 0.769. The van der Waals surface area contributed by atoms with E-state index in [1.54, 1.807) is 7.05 Å². The fourth-order valence-electron chi connectivity index (χ4n) is 2.49. The number of carbonyl (C=O) groups is 1. The lowest BCUT2D eigenvalue weighted by Crippen LogP contribution is -2.12. The van der Waals surface area contributed by atoms with E-state index < -0.39 is 23.4 Å². The average Bonchev–Trinajstić information content (AvgIpc) is 2.93. The van der Waals surface area contributed by atoms with Crippen LogP contribution in [0.2, 0.25) is 0 Å². The summed E-state index contributed by atoms with van der Waals surface area (Å²) in [6.07, 6.45) is 1.31. The monoisotopic (exact) mass is 334 g/mol. The van der Waals surface area contributed by atoms with Crippen LogP contribution in [0, 0.1) is 17.5 Å². The Kier molecular flexibility index (Phi) is 3.98. The van der Waals surface area contributed by atoms with Gasteiger partial charge in [0.1, 0.15) is 28.7 Å². The minimum Gasteiger partial charge on any atom is -0.366 e. The fourth-order valence-corrected chi connectivity index (χ4v) is 2.49. The van der Waals surface area contributed by atoms with E-state index in [9.17, 15) is 18.0 Å². The summed E-state index contributed by atoms with van der Waals surface area (Å²) in [6.45, 7) is 0.168. The molecule has 0 radical (unpaired) electrons. The molecule has 0 bridgehead atoms. The lowest BCUT2D eigenvalue weighted by molar-refractivity contribution is 0.100. The average molecular weight is 334 g/mol. The number of halogens is 3. The molecule has 0 fully saturated rings. The SMILES string of the molecule is CNCc1cc(F)c(-n2cc3cc(F)cc(C(N)=O)c3n2)cc1F. The number of nitrogens with zero attached hydrogens (tertiary/aromatic N) is 2. The van der Waals surface area contributed by atoms with Crippen LogP contribution in [0.3, 0.4) is 0 Å². The van der Waals surface area contributed by atoms with Crippen molar-refractivity contribution >= 4 is 16.8 Å². The number of carbonyl (C=O) groups excluding carboxylic acids is 1. The smallest absolute Gasteiger partial charge is 0.251 e. The molecular formula is C16H13F3N4O. The van der Waals surface area contributed by atoms with Gasteiger partial charge in [0, 0.05) is 29.8 Å². The molecule has 8 heteroatoms. The minimum atomic E-state index is -0.860. The molecule has 2 aromatic carbocycles. The highest BCUT2D eigenvalue weighted by Crippen LogP contribution is 2.24. The number of aromatic nitrogens is 2. The van der Waals surface area contributed by atoms with Gasteiger partial charge in [0.05, 0.1) is 5.56 Å². The first-order chi connectivity index (χ1) is 11.4. The zero-order valence-electron chi connectivity index (χ0n) is 12.6. The predicted molar refractivity (Wildman–Crippen MR) is 82.2 cm³/mol. The molecule has 0 unspecified atom stereocenters. The first-order valence-electron chi connectivity index (χ1n) is 7.02. The number of amides is 1. The zero-order valence-corrected chi connectivity index (χ0v) is 12.6. The molecule has 1 heterocycles. The first-order valence-corrected chi connectivity index (χ1v) is 7.02. The molecule has 3 N–H and O–H groups in total. The van der Waals surface area contributed by atoms with Crippen LogP contribution in [0.15, 0.2) is 30.5 Å². The number of fused-ring (bicyclic) bond motifs is 1. The molecule has 1 amide bonds. The van der Waals surface area contributed by atoms with E-state index in [0.717, 1.165) is 28.9 Å². The molecule has 1 aromatic heterocycles. The fraction of sp³-hybridized carbons (Fsp3) is 0.125. The zero-order chi connectivity index (χ0) is 17.4. The van der Waals surface area contributed by atoms with Crippen LogP contribution in [0.1, 0.15) is 15.9 Å². The van der Waals surface area contributed by atoms with Crippen LogP contribution in [0.25, 0.3) is 16.6 Å². The van der Waals surface area contributed by atoms with E-state index in [2.05, 4.69) is 10.4 Å². The number of hydrogen-bond donors (Lipinski definition) is 2. The summed E-state index contributed by atoms with van der Waals surface area (Å²) in [6, 6.07) is 4.14. The van der Waals surface area contributed by atoms with Crippen molar-refractivity contribution in [3.05, 3.63) is 59.0 Å². The lowest BCUT2D eigenvalue weighted by atomic mass is 10.1. The van der Waals surface area contributed by atoms with Crippen molar-refractivity contribution in [2.24, 2.45) is 5.73 Å². The van der Waals surface area contributed by atoms with Gasteiger partial charge in [-0.05, 0) is 25.2 Å². The van der Waals surface area contributed by atoms with Crippen LogP contribution in [0.5, 0.6) is 0 Å². The Labute approximate surface area is 134 Å². The highest BCUT2D eigenvalue weighted by Gasteiger charge is 2.16. The third-order valence-electron chi connectivity index (χ3n) is 3.57. The van der Waals surface area contributed by atoms with Gasteiger partial charge in [-0.2, -0.15) is 5.10 Å². The van der Waals surface area contributed by atoms with Crippen molar-refractivity contribution in [3.63, 3.8) is 0 Å². The number of benzene rings is 2. The van der Waals surface area contributed by atoms with Crippen LogP contribution in [-0.2, 0) is 6.54 Å². The van der Waals surface area contributed by atoms with Gasteiger partial charge in [0.25, 0.3) is 5.91 Å². The van der Waals surface area contributed by atoms with Gasteiger partial charge in [-0.15, -0.1) is 0 Å². The summed E-state index contributed by atoms with van der Waals surface area (Å²) in [5, 5.41) is 7.04. The van der Waals surface area contributed by atoms with Crippen LogP contribution in [-0.4, -0.2) is 22.7 Å². The molecule has 0 spiro atoms.